The molecular formula is C15H23ClN2OS. The van der Waals surface area contributed by atoms with E-state index in [1.165, 1.54) is 16.9 Å². The number of likely N-dealkylation sites (tertiary alicyclic amines) is 1. The first-order chi connectivity index (χ1) is 9.17. The number of hydrogen-bond donors (Lipinski definition) is 1. The molecule has 5 heteroatoms. The van der Waals surface area contributed by atoms with Gasteiger partial charge in [-0.1, -0.05) is 6.92 Å². The standard InChI is InChI=1S/C15H22N2OS.ClH/c1-10-2-3-13-12(6-10)7-14(19-13)15(18)17-5-4-11(8-16)9-17;/h7,10-11H,2-6,8-9,16H2,1H3;1H. The topological polar surface area (TPSA) is 46.3 Å². The van der Waals surface area contributed by atoms with E-state index < -0.39 is 0 Å². The number of nitrogens with two attached hydrogens (primary N) is 1. The summed E-state index contributed by atoms with van der Waals surface area (Å²) in [5.74, 6) is 1.49. The Morgan fingerprint density at radius 1 is 1.50 bits per heavy atom. The molecule has 0 saturated carbocycles. The molecule has 0 radical (unpaired) electrons. The van der Waals surface area contributed by atoms with Crippen molar-refractivity contribution in [3.63, 3.8) is 0 Å². The Labute approximate surface area is 130 Å². The highest BCUT2D eigenvalue weighted by Gasteiger charge is 2.28. The van der Waals surface area contributed by atoms with Crippen molar-refractivity contribution in [3.05, 3.63) is 21.4 Å². The van der Waals surface area contributed by atoms with Crippen LogP contribution in [0.2, 0.25) is 0 Å². The zero-order valence-corrected chi connectivity index (χ0v) is 13.6. The van der Waals surface area contributed by atoms with Crippen LogP contribution in [0.4, 0.5) is 0 Å². The largest absolute Gasteiger partial charge is 0.338 e. The van der Waals surface area contributed by atoms with Crippen molar-refractivity contribution in [3.8, 4) is 0 Å². The Balaban J connectivity index is 0.00000147. The van der Waals surface area contributed by atoms with E-state index in [-0.39, 0.29) is 18.3 Å². The summed E-state index contributed by atoms with van der Waals surface area (Å²) in [4.78, 5) is 16.9. The number of nitrogens with zero attached hydrogens (tertiary/aromatic N) is 1. The van der Waals surface area contributed by atoms with Gasteiger partial charge in [0, 0.05) is 18.0 Å². The molecule has 2 N–H and O–H groups in total. The molecule has 1 amide bonds. The first-order valence-electron chi connectivity index (χ1n) is 7.28. The maximum absolute atomic E-state index is 12.5. The van der Waals surface area contributed by atoms with Gasteiger partial charge < -0.3 is 10.6 Å². The number of carbonyl (C=O) groups excluding carboxylic acids is 1. The Bertz CT molecular complexity index is 488. The predicted molar refractivity (Wildman–Crippen MR) is 85.8 cm³/mol. The molecule has 20 heavy (non-hydrogen) atoms. The molecule has 0 spiro atoms. The zero-order chi connectivity index (χ0) is 13.4. The molecule has 3 nitrogen and oxygen atoms in total. The van der Waals surface area contributed by atoms with Crippen LogP contribution in [0.25, 0.3) is 0 Å². The van der Waals surface area contributed by atoms with E-state index in [0.29, 0.717) is 12.5 Å². The van der Waals surface area contributed by atoms with Gasteiger partial charge in [-0.2, -0.15) is 0 Å². The van der Waals surface area contributed by atoms with Crippen LogP contribution in [0.15, 0.2) is 6.07 Å². The van der Waals surface area contributed by atoms with E-state index in [9.17, 15) is 4.79 Å². The van der Waals surface area contributed by atoms with Crippen molar-refractivity contribution in [1.82, 2.24) is 4.90 Å². The Morgan fingerprint density at radius 3 is 3.00 bits per heavy atom. The van der Waals surface area contributed by atoms with Crippen LogP contribution in [-0.2, 0) is 12.8 Å². The first-order valence-corrected chi connectivity index (χ1v) is 8.10. The predicted octanol–water partition coefficient (Wildman–Crippen LogP) is 2.72. The Kier molecular flexibility index (Phi) is 5.10. The van der Waals surface area contributed by atoms with Gasteiger partial charge >= 0.3 is 0 Å². The molecule has 1 aliphatic carbocycles. The Morgan fingerprint density at radius 2 is 2.30 bits per heavy atom. The lowest BCUT2D eigenvalue weighted by Gasteiger charge is -2.16. The van der Waals surface area contributed by atoms with Gasteiger partial charge in [0.25, 0.3) is 5.91 Å². The molecule has 1 aromatic rings. The molecular weight excluding hydrogens is 292 g/mol. The maximum Gasteiger partial charge on any atom is 0.263 e. The summed E-state index contributed by atoms with van der Waals surface area (Å²) in [7, 11) is 0. The second-order valence-electron chi connectivity index (χ2n) is 6.05. The number of rotatable bonds is 2. The third kappa shape index (κ3) is 3.02. The first kappa shape index (κ1) is 15.8. The molecule has 2 atom stereocenters. The van der Waals surface area contributed by atoms with Gasteiger partial charge in [0.1, 0.15) is 0 Å². The summed E-state index contributed by atoms with van der Waals surface area (Å²) in [5, 5.41) is 0. The molecule has 2 heterocycles. The fourth-order valence-electron chi connectivity index (χ4n) is 3.18. The van der Waals surface area contributed by atoms with Crippen molar-refractivity contribution in [2.24, 2.45) is 17.6 Å². The molecule has 1 aromatic heterocycles. The smallest absolute Gasteiger partial charge is 0.263 e. The fraction of sp³-hybridized carbons (Fsp3) is 0.667. The minimum atomic E-state index is 0. The number of thiophene rings is 1. The van der Waals surface area contributed by atoms with Crippen LogP contribution in [0.1, 0.15) is 39.9 Å². The van der Waals surface area contributed by atoms with E-state index in [4.69, 9.17) is 5.73 Å². The summed E-state index contributed by atoms with van der Waals surface area (Å²) in [5.41, 5.74) is 7.11. The molecule has 2 aliphatic rings. The van der Waals surface area contributed by atoms with Gasteiger partial charge in [-0.3, -0.25) is 4.79 Å². The lowest BCUT2D eigenvalue weighted by molar-refractivity contribution is 0.0792. The second kappa shape index (κ2) is 6.46. The molecule has 2 unspecified atom stereocenters. The van der Waals surface area contributed by atoms with Crippen molar-refractivity contribution in [2.75, 3.05) is 19.6 Å². The molecule has 112 valence electrons. The van der Waals surface area contributed by atoms with Gasteiger partial charge in [-0.15, -0.1) is 23.7 Å². The maximum atomic E-state index is 12.5. The number of aryl methyl sites for hydroxylation is 1. The van der Waals surface area contributed by atoms with Crippen molar-refractivity contribution in [1.29, 1.82) is 0 Å². The number of amides is 1. The highest BCUT2D eigenvalue weighted by molar-refractivity contribution is 7.14. The van der Waals surface area contributed by atoms with E-state index in [0.717, 1.165) is 43.1 Å². The molecule has 1 saturated heterocycles. The fourth-order valence-corrected chi connectivity index (χ4v) is 4.35. The van der Waals surface area contributed by atoms with Gasteiger partial charge in [-0.05, 0) is 55.7 Å². The minimum absolute atomic E-state index is 0. The van der Waals surface area contributed by atoms with E-state index in [1.54, 1.807) is 11.3 Å². The quantitative estimate of drug-likeness (QED) is 0.912. The summed E-state index contributed by atoms with van der Waals surface area (Å²) in [6.07, 6.45) is 4.62. The van der Waals surface area contributed by atoms with E-state index >= 15 is 0 Å². The minimum Gasteiger partial charge on any atom is -0.338 e. The van der Waals surface area contributed by atoms with Gasteiger partial charge in [0.15, 0.2) is 0 Å². The number of fused-ring (bicyclic) bond motifs is 1. The number of hydrogen-bond acceptors (Lipinski definition) is 3. The average molecular weight is 315 g/mol. The van der Waals surface area contributed by atoms with Crippen LogP contribution < -0.4 is 5.73 Å². The third-order valence-electron chi connectivity index (χ3n) is 4.45. The van der Waals surface area contributed by atoms with E-state index in [2.05, 4.69) is 13.0 Å². The van der Waals surface area contributed by atoms with Crippen LogP contribution in [0, 0.1) is 11.8 Å². The lowest BCUT2D eigenvalue weighted by atomic mass is 9.90. The van der Waals surface area contributed by atoms with E-state index in [1.807, 2.05) is 4.90 Å². The van der Waals surface area contributed by atoms with Crippen molar-refractivity contribution >= 4 is 29.7 Å². The average Bonchev–Trinajstić information content (AvgIpc) is 3.03. The van der Waals surface area contributed by atoms with Gasteiger partial charge in [0.05, 0.1) is 4.88 Å². The highest BCUT2D eigenvalue weighted by Crippen LogP contribution is 2.33. The van der Waals surface area contributed by atoms with Gasteiger partial charge in [0.2, 0.25) is 0 Å². The van der Waals surface area contributed by atoms with Crippen LogP contribution in [0.5, 0.6) is 0 Å². The van der Waals surface area contributed by atoms with Crippen molar-refractivity contribution in [2.45, 2.75) is 32.6 Å². The summed E-state index contributed by atoms with van der Waals surface area (Å²) in [6.45, 7) is 4.71. The highest BCUT2D eigenvalue weighted by atomic mass is 35.5. The zero-order valence-electron chi connectivity index (χ0n) is 11.9. The normalized spacial score (nSPS) is 25.2. The summed E-state index contributed by atoms with van der Waals surface area (Å²) in [6, 6.07) is 2.15. The molecule has 3 rings (SSSR count). The summed E-state index contributed by atoms with van der Waals surface area (Å²) < 4.78 is 0. The number of halogens is 1. The van der Waals surface area contributed by atoms with Crippen LogP contribution in [0.3, 0.4) is 0 Å². The molecule has 1 fully saturated rings. The van der Waals surface area contributed by atoms with Crippen molar-refractivity contribution < 1.29 is 4.79 Å². The third-order valence-corrected chi connectivity index (χ3v) is 5.67. The molecule has 1 aliphatic heterocycles. The van der Waals surface area contributed by atoms with Crippen LogP contribution >= 0.6 is 23.7 Å². The number of carbonyl (C=O) groups is 1. The monoisotopic (exact) mass is 314 g/mol. The second-order valence-corrected chi connectivity index (χ2v) is 7.19. The lowest BCUT2D eigenvalue weighted by Crippen LogP contribution is -2.29. The summed E-state index contributed by atoms with van der Waals surface area (Å²) >= 11 is 1.72. The molecule has 0 aromatic carbocycles. The molecule has 0 bridgehead atoms. The SMILES string of the molecule is CC1CCc2sc(C(=O)N3CCC(CN)C3)cc2C1.Cl. The Hall–Kier alpha value is -0.580. The van der Waals surface area contributed by atoms with Crippen LogP contribution in [-0.4, -0.2) is 30.4 Å². The van der Waals surface area contributed by atoms with Gasteiger partial charge in [-0.25, -0.2) is 0 Å².